The Bertz CT molecular complexity index is 713. The van der Waals surface area contributed by atoms with Crippen LogP contribution < -0.4 is 10.7 Å². The molecule has 0 aliphatic rings. The monoisotopic (exact) mass is 372 g/mol. The molecule has 2 rings (SSSR count). The lowest BCUT2D eigenvalue weighted by Gasteiger charge is -2.04. The van der Waals surface area contributed by atoms with Gasteiger partial charge in [0.25, 0.3) is 5.43 Å². The highest BCUT2D eigenvalue weighted by Crippen LogP contribution is 2.20. The summed E-state index contributed by atoms with van der Waals surface area (Å²) in [5, 5.41) is 14.9. The van der Waals surface area contributed by atoms with Gasteiger partial charge in [0.05, 0.1) is 22.1 Å². The molecule has 0 aliphatic carbocycles. The summed E-state index contributed by atoms with van der Waals surface area (Å²) in [5.41, 5.74) is -1.07. The Morgan fingerprint density at radius 1 is 1.52 bits per heavy atom. The molecule has 2 heterocycles. The van der Waals surface area contributed by atoms with Crippen molar-refractivity contribution in [3.05, 3.63) is 48.3 Å². The number of nitrogens with zero attached hydrogens (tertiary/aromatic N) is 3. The summed E-state index contributed by atoms with van der Waals surface area (Å²) in [6.45, 7) is 3.34. The molecule has 7 nitrogen and oxygen atoms in total. The lowest BCUT2D eigenvalue weighted by atomic mass is 10.4. The Labute approximate surface area is 132 Å². The first-order valence-electron chi connectivity index (χ1n) is 6.23. The summed E-state index contributed by atoms with van der Waals surface area (Å²) in [6.07, 6.45) is 5.51. The minimum Gasteiger partial charge on any atom is -0.362 e. The first-order chi connectivity index (χ1) is 10.0. The summed E-state index contributed by atoms with van der Waals surface area (Å²) in [5.74, 6) is 0. The second-order valence-corrected chi connectivity index (χ2v) is 6.28. The zero-order valence-electron chi connectivity index (χ0n) is 11.2. The number of rotatable bonds is 6. The molecule has 9 heteroatoms. The number of pyridine rings is 1. The van der Waals surface area contributed by atoms with E-state index in [0.717, 1.165) is 23.0 Å². The van der Waals surface area contributed by atoms with Gasteiger partial charge in [-0.15, -0.1) is 11.3 Å². The third kappa shape index (κ3) is 3.88. The van der Waals surface area contributed by atoms with Crippen molar-refractivity contribution in [2.75, 3.05) is 11.9 Å². The molecule has 0 aliphatic heterocycles. The maximum Gasteiger partial charge on any atom is 0.333 e. The number of hydrogen-bond donors (Lipinski definition) is 1. The summed E-state index contributed by atoms with van der Waals surface area (Å²) in [7, 11) is 0. The molecule has 1 N–H and O–H groups in total. The highest BCUT2D eigenvalue weighted by Gasteiger charge is 2.16. The molecule has 0 radical (unpaired) electrons. The topological polar surface area (TPSA) is 90.1 Å². The van der Waals surface area contributed by atoms with E-state index in [0.29, 0.717) is 6.54 Å². The zero-order chi connectivity index (χ0) is 15.4. The molecule has 0 spiro atoms. The van der Waals surface area contributed by atoms with Crippen molar-refractivity contribution >= 4 is 38.1 Å². The highest BCUT2D eigenvalue weighted by molar-refractivity contribution is 9.10. The van der Waals surface area contributed by atoms with Crippen molar-refractivity contribution in [2.45, 2.75) is 19.9 Å². The Balaban J connectivity index is 2.21. The smallest absolute Gasteiger partial charge is 0.333 e. The quantitative estimate of drug-likeness (QED) is 0.621. The molecule has 0 amide bonds. The Morgan fingerprint density at radius 2 is 2.29 bits per heavy atom. The SMILES string of the molecule is CCCNc1ncc(Cn2cc(Br)c(=O)c([N+](=O)[O-])c2)s1. The van der Waals surface area contributed by atoms with Gasteiger partial charge in [-0.1, -0.05) is 6.92 Å². The van der Waals surface area contributed by atoms with E-state index < -0.39 is 16.0 Å². The number of anilines is 1. The van der Waals surface area contributed by atoms with Gasteiger partial charge in [-0.25, -0.2) is 4.98 Å². The van der Waals surface area contributed by atoms with E-state index in [1.165, 1.54) is 23.7 Å². The van der Waals surface area contributed by atoms with Crippen LogP contribution >= 0.6 is 27.3 Å². The number of nitro groups is 1. The van der Waals surface area contributed by atoms with Gasteiger partial charge in [-0.05, 0) is 22.4 Å². The van der Waals surface area contributed by atoms with Crippen LogP contribution in [0.3, 0.4) is 0 Å². The predicted molar refractivity (Wildman–Crippen MR) is 85.1 cm³/mol. The maximum absolute atomic E-state index is 11.6. The zero-order valence-corrected chi connectivity index (χ0v) is 13.6. The second kappa shape index (κ2) is 6.81. The van der Waals surface area contributed by atoms with Crippen LogP contribution in [0.15, 0.2) is 27.9 Å². The van der Waals surface area contributed by atoms with Crippen LogP contribution in [0.2, 0.25) is 0 Å². The van der Waals surface area contributed by atoms with Crippen molar-refractivity contribution in [1.82, 2.24) is 9.55 Å². The van der Waals surface area contributed by atoms with Crippen LogP contribution in [0.1, 0.15) is 18.2 Å². The standard InChI is InChI=1S/C12H13BrN4O3S/c1-2-3-14-12-15-4-8(21-12)5-16-6-9(13)11(18)10(7-16)17(19)20/h4,6-7H,2-3,5H2,1H3,(H,14,15). The van der Waals surface area contributed by atoms with Gasteiger partial charge < -0.3 is 9.88 Å². The van der Waals surface area contributed by atoms with Gasteiger partial charge in [0.1, 0.15) is 0 Å². The minimum atomic E-state index is -0.676. The molecular formula is C12H13BrN4O3S. The summed E-state index contributed by atoms with van der Waals surface area (Å²) >= 11 is 4.54. The number of hydrogen-bond acceptors (Lipinski definition) is 6. The lowest BCUT2D eigenvalue weighted by Crippen LogP contribution is -2.13. The van der Waals surface area contributed by atoms with Crippen molar-refractivity contribution < 1.29 is 4.92 Å². The molecule has 0 bridgehead atoms. The van der Waals surface area contributed by atoms with Crippen molar-refractivity contribution in [1.29, 1.82) is 0 Å². The molecule has 0 fully saturated rings. The molecule has 2 aromatic rings. The van der Waals surface area contributed by atoms with E-state index in [-0.39, 0.29) is 4.47 Å². The number of nitrogens with one attached hydrogen (secondary N) is 1. The molecule has 0 unspecified atom stereocenters. The molecular weight excluding hydrogens is 360 g/mol. The second-order valence-electron chi connectivity index (χ2n) is 4.31. The Morgan fingerprint density at radius 3 is 2.95 bits per heavy atom. The molecule has 0 atom stereocenters. The minimum absolute atomic E-state index is 0.172. The van der Waals surface area contributed by atoms with E-state index in [2.05, 4.69) is 33.2 Å². The molecule has 0 saturated carbocycles. The van der Waals surface area contributed by atoms with Crippen LogP contribution in [-0.4, -0.2) is 21.0 Å². The van der Waals surface area contributed by atoms with E-state index in [4.69, 9.17) is 0 Å². The average Bonchev–Trinajstić information content (AvgIpc) is 2.87. The molecule has 2 aromatic heterocycles. The van der Waals surface area contributed by atoms with Gasteiger partial charge in [-0.2, -0.15) is 0 Å². The predicted octanol–water partition coefficient (Wildman–Crippen LogP) is 2.85. The fourth-order valence-electron chi connectivity index (χ4n) is 1.68. The summed E-state index contributed by atoms with van der Waals surface area (Å²) < 4.78 is 1.77. The Hall–Kier alpha value is -1.74. The fourth-order valence-corrected chi connectivity index (χ4v) is 2.99. The number of halogens is 1. The molecule has 21 heavy (non-hydrogen) atoms. The summed E-state index contributed by atoms with van der Waals surface area (Å²) in [6, 6.07) is 0. The molecule has 0 saturated heterocycles. The first-order valence-corrected chi connectivity index (χ1v) is 7.84. The van der Waals surface area contributed by atoms with E-state index in [1.807, 2.05) is 0 Å². The molecule has 112 valence electrons. The van der Waals surface area contributed by atoms with Crippen molar-refractivity contribution in [3.63, 3.8) is 0 Å². The van der Waals surface area contributed by atoms with Gasteiger partial charge in [-0.3, -0.25) is 14.9 Å². The highest BCUT2D eigenvalue weighted by atomic mass is 79.9. The normalized spacial score (nSPS) is 10.6. The molecule has 0 aromatic carbocycles. The van der Waals surface area contributed by atoms with E-state index >= 15 is 0 Å². The number of aromatic nitrogens is 2. The van der Waals surface area contributed by atoms with Gasteiger partial charge in [0.2, 0.25) is 0 Å². The Kier molecular flexibility index (Phi) is 5.07. The van der Waals surface area contributed by atoms with E-state index in [1.54, 1.807) is 10.8 Å². The lowest BCUT2D eigenvalue weighted by molar-refractivity contribution is -0.386. The van der Waals surface area contributed by atoms with Gasteiger partial charge in [0.15, 0.2) is 5.13 Å². The largest absolute Gasteiger partial charge is 0.362 e. The maximum atomic E-state index is 11.6. The van der Waals surface area contributed by atoms with Crippen LogP contribution in [-0.2, 0) is 6.54 Å². The number of thiazole rings is 1. The van der Waals surface area contributed by atoms with Gasteiger partial charge in [0, 0.05) is 23.8 Å². The summed E-state index contributed by atoms with van der Waals surface area (Å²) in [4.78, 5) is 27.0. The van der Waals surface area contributed by atoms with E-state index in [9.17, 15) is 14.9 Å². The fraction of sp³-hybridized carbons (Fsp3) is 0.333. The first kappa shape index (κ1) is 15.6. The van der Waals surface area contributed by atoms with Crippen LogP contribution in [0.25, 0.3) is 0 Å². The average molecular weight is 373 g/mol. The van der Waals surface area contributed by atoms with Crippen LogP contribution in [0.4, 0.5) is 10.8 Å². The third-order valence-electron chi connectivity index (χ3n) is 2.63. The van der Waals surface area contributed by atoms with Crippen molar-refractivity contribution in [2.24, 2.45) is 0 Å². The van der Waals surface area contributed by atoms with Crippen LogP contribution in [0.5, 0.6) is 0 Å². The van der Waals surface area contributed by atoms with Crippen molar-refractivity contribution in [3.8, 4) is 0 Å². The third-order valence-corrected chi connectivity index (χ3v) is 4.14. The van der Waals surface area contributed by atoms with Crippen LogP contribution in [0, 0.1) is 10.1 Å². The van der Waals surface area contributed by atoms with Gasteiger partial charge >= 0.3 is 5.69 Å².